The molecule has 1 atom stereocenters. The van der Waals surface area contributed by atoms with E-state index in [4.69, 9.17) is 0 Å². The van der Waals surface area contributed by atoms with Gasteiger partial charge in [0, 0.05) is 18.0 Å². The Kier molecular flexibility index (Phi) is 3.49. The van der Waals surface area contributed by atoms with Gasteiger partial charge in [0.05, 0.1) is 12.6 Å². The van der Waals surface area contributed by atoms with Gasteiger partial charge in [0.25, 0.3) is 0 Å². The summed E-state index contributed by atoms with van der Waals surface area (Å²) in [6.45, 7) is 0.448. The summed E-state index contributed by atoms with van der Waals surface area (Å²) in [5, 5.41) is 7.00. The molecule has 0 aliphatic carbocycles. The van der Waals surface area contributed by atoms with E-state index in [1.165, 1.54) is 6.07 Å². The molecule has 0 bridgehead atoms. The summed E-state index contributed by atoms with van der Waals surface area (Å²) < 4.78 is 28.4. The van der Waals surface area contributed by atoms with Gasteiger partial charge in [0.1, 0.15) is 0 Å². The summed E-state index contributed by atoms with van der Waals surface area (Å²) in [4.78, 5) is 0. The van der Waals surface area contributed by atoms with Crippen LogP contribution >= 0.6 is 0 Å². The highest BCUT2D eigenvalue weighted by Gasteiger charge is 2.17. The minimum Gasteiger partial charge on any atom is -0.311 e. The van der Waals surface area contributed by atoms with Gasteiger partial charge >= 0.3 is 0 Å². The Labute approximate surface area is 98.1 Å². The van der Waals surface area contributed by atoms with Gasteiger partial charge in [0.15, 0.2) is 11.6 Å². The SMILES string of the molecule is CNC(Cn1cccn1)c1cccc(F)c1F. The van der Waals surface area contributed by atoms with Crippen LogP contribution in [0.15, 0.2) is 36.7 Å². The molecule has 17 heavy (non-hydrogen) atoms. The van der Waals surface area contributed by atoms with Crippen molar-refractivity contribution in [3.8, 4) is 0 Å². The van der Waals surface area contributed by atoms with E-state index in [2.05, 4.69) is 10.4 Å². The quantitative estimate of drug-likeness (QED) is 0.882. The molecule has 1 heterocycles. The van der Waals surface area contributed by atoms with Gasteiger partial charge in [0.2, 0.25) is 0 Å². The first kappa shape index (κ1) is 11.7. The molecule has 0 fully saturated rings. The van der Waals surface area contributed by atoms with Crippen LogP contribution in [-0.2, 0) is 6.54 Å². The van der Waals surface area contributed by atoms with Crippen LogP contribution in [0.5, 0.6) is 0 Å². The average Bonchev–Trinajstić information content (AvgIpc) is 2.83. The predicted octanol–water partition coefficient (Wildman–Crippen LogP) is 2.12. The van der Waals surface area contributed by atoms with Gasteiger partial charge in [-0.1, -0.05) is 12.1 Å². The number of hydrogen-bond acceptors (Lipinski definition) is 2. The first-order chi connectivity index (χ1) is 8.22. The Morgan fingerprint density at radius 3 is 2.82 bits per heavy atom. The van der Waals surface area contributed by atoms with E-state index in [0.29, 0.717) is 12.1 Å². The van der Waals surface area contributed by atoms with Crippen molar-refractivity contribution in [2.24, 2.45) is 0 Å². The second kappa shape index (κ2) is 5.05. The highest BCUT2D eigenvalue weighted by molar-refractivity contribution is 5.22. The average molecular weight is 237 g/mol. The van der Waals surface area contributed by atoms with Gasteiger partial charge in [-0.2, -0.15) is 5.10 Å². The molecule has 0 saturated heterocycles. The molecule has 0 amide bonds. The van der Waals surface area contributed by atoms with Crippen molar-refractivity contribution in [3.05, 3.63) is 53.9 Å². The lowest BCUT2D eigenvalue weighted by Crippen LogP contribution is -2.23. The van der Waals surface area contributed by atoms with Crippen LogP contribution in [0.2, 0.25) is 0 Å². The maximum absolute atomic E-state index is 13.6. The third-order valence-corrected chi connectivity index (χ3v) is 2.63. The molecule has 0 aliphatic heterocycles. The Bertz CT molecular complexity index is 483. The second-order valence-corrected chi connectivity index (χ2v) is 3.71. The zero-order valence-corrected chi connectivity index (χ0v) is 9.40. The monoisotopic (exact) mass is 237 g/mol. The van der Waals surface area contributed by atoms with Crippen molar-refractivity contribution in [2.45, 2.75) is 12.6 Å². The smallest absolute Gasteiger partial charge is 0.163 e. The van der Waals surface area contributed by atoms with Crippen LogP contribution in [0.25, 0.3) is 0 Å². The second-order valence-electron chi connectivity index (χ2n) is 3.71. The minimum atomic E-state index is -0.830. The summed E-state index contributed by atoms with van der Waals surface area (Å²) in [6, 6.07) is 5.66. The van der Waals surface area contributed by atoms with Crippen LogP contribution in [0, 0.1) is 11.6 Å². The van der Waals surface area contributed by atoms with Crippen molar-refractivity contribution in [1.82, 2.24) is 15.1 Å². The fourth-order valence-electron chi connectivity index (χ4n) is 1.73. The molecule has 0 spiro atoms. The number of hydrogen-bond donors (Lipinski definition) is 1. The number of benzene rings is 1. The fraction of sp³-hybridized carbons (Fsp3) is 0.250. The minimum absolute atomic E-state index is 0.308. The Hall–Kier alpha value is -1.75. The van der Waals surface area contributed by atoms with Crippen LogP contribution in [0.3, 0.4) is 0 Å². The first-order valence-electron chi connectivity index (χ1n) is 5.31. The molecule has 1 unspecified atom stereocenters. The number of nitrogens with zero attached hydrogens (tertiary/aromatic N) is 2. The summed E-state index contributed by atoms with van der Waals surface area (Å²) >= 11 is 0. The Morgan fingerprint density at radius 2 is 2.18 bits per heavy atom. The van der Waals surface area contributed by atoms with Crippen molar-refractivity contribution >= 4 is 0 Å². The first-order valence-corrected chi connectivity index (χ1v) is 5.31. The maximum atomic E-state index is 13.6. The zero-order chi connectivity index (χ0) is 12.3. The van der Waals surface area contributed by atoms with Gasteiger partial charge in [-0.05, 0) is 19.2 Å². The highest BCUT2D eigenvalue weighted by Crippen LogP contribution is 2.20. The van der Waals surface area contributed by atoms with Gasteiger partial charge in [-0.3, -0.25) is 4.68 Å². The van der Waals surface area contributed by atoms with E-state index < -0.39 is 11.6 Å². The number of halogens is 2. The Morgan fingerprint density at radius 1 is 1.35 bits per heavy atom. The molecule has 2 rings (SSSR count). The van der Waals surface area contributed by atoms with E-state index in [1.54, 1.807) is 36.3 Å². The third kappa shape index (κ3) is 2.50. The van der Waals surface area contributed by atoms with E-state index in [0.717, 1.165) is 6.07 Å². The molecule has 5 heteroatoms. The molecule has 1 aromatic carbocycles. The van der Waals surface area contributed by atoms with Crippen LogP contribution in [-0.4, -0.2) is 16.8 Å². The molecule has 0 aliphatic rings. The van der Waals surface area contributed by atoms with Crippen LogP contribution in [0.1, 0.15) is 11.6 Å². The molecule has 0 radical (unpaired) electrons. The molecule has 90 valence electrons. The topological polar surface area (TPSA) is 29.9 Å². The van der Waals surface area contributed by atoms with E-state index in [1.807, 2.05) is 0 Å². The standard InChI is InChI=1S/C12H13F2N3/c1-15-11(8-17-7-3-6-16-17)9-4-2-5-10(13)12(9)14/h2-7,11,15H,8H2,1H3. The molecule has 1 N–H and O–H groups in total. The molecule has 3 nitrogen and oxygen atoms in total. The van der Waals surface area contributed by atoms with E-state index in [-0.39, 0.29) is 6.04 Å². The third-order valence-electron chi connectivity index (χ3n) is 2.63. The molecule has 2 aromatic rings. The van der Waals surface area contributed by atoms with E-state index >= 15 is 0 Å². The molecular weight excluding hydrogens is 224 g/mol. The zero-order valence-electron chi connectivity index (χ0n) is 9.40. The predicted molar refractivity (Wildman–Crippen MR) is 60.4 cm³/mol. The van der Waals surface area contributed by atoms with Crippen molar-refractivity contribution < 1.29 is 8.78 Å². The van der Waals surface area contributed by atoms with Gasteiger partial charge in [-0.25, -0.2) is 8.78 Å². The summed E-state index contributed by atoms with van der Waals surface area (Å²) in [5.74, 6) is -1.64. The maximum Gasteiger partial charge on any atom is 0.163 e. The van der Waals surface area contributed by atoms with Crippen LogP contribution in [0.4, 0.5) is 8.78 Å². The van der Waals surface area contributed by atoms with E-state index in [9.17, 15) is 8.78 Å². The molecular formula is C12H13F2N3. The number of nitrogens with one attached hydrogen (secondary N) is 1. The lowest BCUT2D eigenvalue weighted by Gasteiger charge is -2.17. The summed E-state index contributed by atoms with van der Waals surface area (Å²) in [7, 11) is 1.71. The molecule has 0 saturated carbocycles. The number of likely N-dealkylation sites (N-methyl/N-ethyl adjacent to an activating group) is 1. The largest absolute Gasteiger partial charge is 0.311 e. The summed E-state index contributed by atoms with van der Waals surface area (Å²) in [6.07, 6.45) is 3.43. The van der Waals surface area contributed by atoms with Crippen molar-refractivity contribution in [3.63, 3.8) is 0 Å². The van der Waals surface area contributed by atoms with Crippen molar-refractivity contribution in [1.29, 1.82) is 0 Å². The van der Waals surface area contributed by atoms with Crippen molar-refractivity contribution in [2.75, 3.05) is 7.05 Å². The van der Waals surface area contributed by atoms with Crippen LogP contribution < -0.4 is 5.32 Å². The molecule has 1 aromatic heterocycles. The van der Waals surface area contributed by atoms with Gasteiger partial charge < -0.3 is 5.32 Å². The normalized spacial score (nSPS) is 12.6. The number of aromatic nitrogens is 2. The summed E-state index contributed by atoms with van der Waals surface area (Å²) in [5.41, 5.74) is 0.308. The Balaban J connectivity index is 2.26. The highest BCUT2D eigenvalue weighted by atomic mass is 19.2. The number of rotatable bonds is 4. The fourth-order valence-corrected chi connectivity index (χ4v) is 1.73. The van der Waals surface area contributed by atoms with Gasteiger partial charge in [-0.15, -0.1) is 0 Å². The lowest BCUT2D eigenvalue weighted by atomic mass is 10.1. The lowest BCUT2D eigenvalue weighted by molar-refractivity contribution is 0.431.